The lowest BCUT2D eigenvalue weighted by Gasteiger charge is -2.51. The van der Waals surface area contributed by atoms with Crippen LogP contribution in [-0.2, 0) is 11.4 Å². The van der Waals surface area contributed by atoms with Crippen LogP contribution >= 0.6 is 11.6 Å². The molecule has 0 atom stereocenters. The van der Waals surface area contributed by atoms with E-state index in [4.69, 9.17) is 16.4 Å². The van der Waals surface area contributed by atoms with E-state index >= 15 is 0 Å². The monoisotopic (exact) mass is 281 g/mol. The molecular formula is C16H24ClNO. The van der Waals surface area contributed by atoms with Crippen LogP contribution in [0.5, 0.6) is 0 Å². The van der Waals surface area contributed by atoms with Crippen LogP contribution in [0.2, 0.25) is 5.02 Å². The molecule has 0 radical (unpaired) electrons. The summed E-state index contributed by atoms with van der Waals surface area (Å²) < 4.78 is 0. The first-order valence-corrected chi connectivity index (χ1v) is 7.37. The van der Waals surface area contributed by atoms with Crippen LogP contribution in [0.4, 0.5) is 0 Å². The van der Waals surface area contributed by atoms with Gasteiger partial charge in [-0.05, 0) is 64.7 Å². The molecule has 2 rings (SSSR count). The van der Waals surface area contributed by atoms with E-state index in [0.29, 0.717) is 6.61 Å². The Labute approximate surface area is 121 Å². The van der Waals surface area contributed by atoms with Gasteiger partial charge in [0.1, 0.15) is 0 Å². The zero-order valence-electron chi connectivity index (χ0n) is 12.4. The number of hydrogen-bond donors (Lipinski definition) is 0. The van der Waals surface area contributed by atoms with Crippen molar-refractivity contribution in [3.63, 3.8) is 0 Å². The number of benzene rings is 1. The molecule has 0 unspecified atom stereocenters. The lowest BCUT2D eigenvalue weighted by Crippen LogP contribution is -2.58. The molecule has 0 amide bonds. The van der Waals surface area contributed by atoms with E-state index in [1.807, 2.05) is 24.3 Å². The summed E-state index contributed by atoms with van der Waals surface area (Å²) >= 11 is 5.90. The minimum absolute atomic E-state index is 0.0914. The van der Waals surface area contributed by atoms with Crippen LogP contribution in [0, 0.1) is 0 Å². The number of piperidine rings is 1. The Morgan fingerprint density at radius 2 is 1.58 bits per heavy atom. The fraction of sp³-hybridized carbons (Fsp3) is 0.625. The molecule has 0 N–H and O–H groups in total. The van der Waals surface area contributed by atoms with Crippen molar-refractivity contribution in [1.29, 1.82) is 0 Å². The number of nitrogens with zero attached hydrogens (tertiary/aromatic N) is 1. The van der Waals surface area contributed by atoms with Crippen molar-refractivity contribution in [2.75, 3.05) is 0 Å². The van der Waals surface area contributed by atoms with E-state index in [1.54, 1.807) is 0 Å². The Hall–Kier alpha value is -0.570. The van der Waals surface area contributed by atoms with Crippen LogP contribution < -0.4 is 0 Å². The predicted octanol–water partition coefficient (Wildman–Crippen LogP) is 4.81. The maximum Gasteiger partial charge on any atom is 0.0936 e. The quantitative estimate of drug-likeness (QED) is 0.788. The van der Waals surface area contributed by atoms with Crippen LogP contribution in [0.25, 0.3) is 0 Å². The smallest absolute Gasteiger partial charge is 0.0936 e. The van der Waals surface area contributed by atoms with Gasteiger partial charge in [0.15, 0.2) is 0 Å². The van der Waals surface area contributed by atoms with E-state index in [9.17, 15) is 0 Å². The van der Waals surface area contributed by atoms with Gasteiger partial charge >= 0.3 is 0 Å². The molecular weight excluding hydrogens is 258 g/mol. The standard InChI is InChI=1S/C16H24ClNO/c1-15(2)10-5-11-16(3,4)18(15)19-12-13-6-8-14(17)9-7-13/h6-9H,5,10-12H2,1-4H3. The summed E-state index contributed by atoms with van der Waals surface area (Å²) in [4.78, 5) is 6.13. The predicted molar refractivity (Wildman–Crippen MR) is 80.1 cm³/mol. The molecule has 0 saturated carbocycles. The van der Waals surface area contributed by atoms with E-state index in [1.165, 1.54) is 19.3 Å². The van der Waals surface area contributed by atoms with Crippen LogP contribution in [0.1, 0.15) is 52.5 Å². The second-order valence-electron chi connectivity index (χ2n) is 6.67. The highest BCUT2D eigenvalue weighted by Gasteiger charge is 2.42. The molecule has 1 saturated heterocycles. The Kier molecular flexibility index (Phi) is 4.24. The molecule has 1 aliphatic heterocycles. The third-order valence-corrected chi connectivity index (χ3v) is 4.20. The van der Waals surface area contributed by atoms with Crippen molar-refractivity contribution in [3.8, 4) is 0 Å². The minimum atomic E-state index is 0.0914. The molecule has 1 aromatic carbocycles. The van der Waals surface area contributed by atoms with Crippen LogP contribution in [0.3, 0.4) is 0 Å². The number of hydrogen-bond acceptors (Lipinski definition) is 2. The Morgan fingerprint density at radius 1 is 1.05 bits per heavy atom. The molecule has 3 heteroatoms. The van der Waals surface area contributed by atoms with Crippen molar-refractivity contribution < 1.29 is 4.84 Å². The summed E-state index contributed by atoms with van der Waals surface area (Å²) in [5.74, 6) is 0. The van der Waals surface area contributed by atoms with E-state index in [2.05, 4.69) is 32.8 Å². The van der Waals surface area contributed by atoms with E-state index < -0.39 is 0 Å². The second kappa shape index (κ2) is 5.43. The second-order valence-corrected chi connectivity index (χ2v) is 7.11. The fourth-order valence-corrected chi connectivity index (χ4v) is 3.17. The Bertz CT molecular complexity index is 409. The van der Waals surface area contributed by atoms with Crippen molar-refractivity contribution >= 4 is 11.6 Å². The van der Waals surface area contributed by atoms with Crippen LogP contribution in [-0.4, -0.2) is 16.1 Å². The van der Waals surface area contributed by atoms with Gasteiger partial charge in [-0.1, -0.05) is 23.7 Å². The van der Waals surface area contributed by atoms with Gasteiger partial charge in [-0.2, -0.15) is 5.06 Å². The highest BCUT2D eigenvalue weighted by Crippen LogP contribution is 2.38. The summed E-state index contributed by atoms with van der Waals surface area (Å²) in [5, 5.41) is 2.96. The van der Waals surface area contributed by atoms with Gasteiger partial charge in [0.2, 0.25) is 0 Å². The maximum atomic E-state index is 6.13. The highest BCUT2D eigenvalue weighted by atomic mass is 35.5. The molecule has 0 aliphatic carbocycles. The van der Waals surface area contributed by atoms with E-state index in [0.717, 1.165) is 10.6 Å². The first kappa shape index (κ1) is 14.8. The van der Waals surface area contributed by atoms with Crippen molar-refractivity contribution in [2.45, 2.75) is 64.6 Å². The van der Waals surface area contributed by atoms with Gasteiger partial charge in [0.25, 0.3) is 0 Å². The average Bonchev–Trinajstić information content (AvgIpc) is 2.29. The number of rotatable bonds is 3. The van der Waals surface area contributed by atoms with Crippen molar-refractivity contribution in [3.05, 3.63) is 34.9 Å². The van der Waals surface area contributed by atoms with Gasteiger partial charge in [0.05, 0.1) is 6.61 Å². The third-order valence-electron chi connectivity index (χ3n) is 3.95. The first-order chi connectivity index (χ1) is 8.81. The van der Waals surface area contributed by atoms with Crippen molar-refractivity contribution in [1.82, 2.24) is 5.06 Å². The lowest BCUT2D eigenvalue weighted by atomic mass is 9.82. The first-order valence-electron chi connectivity index (χ1n) is 6.99. The zero-order valence-corrected chi connectivity index (χ0v) is 13.1. The SMILES string of the molecule is CC1(C)CCCC(C)(C)N1OCc1ccc(Cl)cc1. The summed E-state index contributed by atoms with van der Waals surface area (Å²) in [5.41, 5.74) is 1.34. The molecule has 1 fully saturated rings. The molecule has 0 spiro atoms. The van der Waals surface area contributed by atoms with Gasteiger partial charge in [0, 0.05) is 16.1 Å². The molecule has 1 aromatic rings. The van der Waals surface area contributed by atoms with Gasteiger partial charge in [-0.15, -0.1) is 0 Å². The molecule has 2 nitrogen and oxygen atoms in total. The highest BCUT2D eigenvalue weighted by molar-refractivity contribution is 6.30. The third kappa shape index (κ3) is 3.50. The Morgan fingerprint density at radius 3 is 2.11 bits per heavy atom. The van der Waals surface area contributed by atoms with E-state index in [-0.39, 0.29) is 11.1 Å². The van der Waals surface area contributed by atoms with Gasteiger partial charge in [-0.3, -0.25) is 4.84 Å². The maximum absolute atomic E-state index is 6.13. The summed E-state index contributed by atoms with van der Waals surface area (Å²) in [6.07, 6.45) is 3.62. The molecule has 1 aliphatic rings. The Balaban J connectivity index is 2.05. The summed E-state index contributed by atoms with van der Waals surface area (Å²) in [6.45, 7) is 9.64. The van der Waals surface area contributed by atoms with Crippen molar-refractivity contribution in [2.24, 2.45) is 0 Å². The normalized spacial score (nSPS) is 22.4. The largest absolute Gasteiger partial charge is 0.293 e. The number of halogens is 1. The average molecular weight is 282 g/mol. The summed E-state index contributed by atoms with van der Waals surface area (Å²) in [7, 11) is 0. The molecule has 0 bridgehead atoms. The fourth-order valence-electron chi connectivity index (χ4n) is 3.05. The topological polar surface area (TPSA) is 12.5 Å². The number of hydroxylamine groups is 2. The molecule has 0 aromatic heterocycles. The van der Waals surface area contributed by atoms with Gasteiger partial charge < -0.3 is 0 Å². The molecule has 1 heterocycles. The molecule has 106 valence electrons. The summed E-state index contributed by atoms with van der Waals surface area (Å²) in [6, 6.07) is 7.86. The van der Waals surface area contributed by atoms with Gasteiger partial charge in [-0.25, -0.2) is 0 Å². The van der Waals surface area contributed by atoms with Crippen LogP contribution in [0.15, 0.2) is 24.3 Å². The lowest BCUT2D eigenvalue weighted by molar-refractivity contribution is -0.288. The minimum Gasteiger partial charge on any atom is -0.293 e. The zero-order chi connectivity index (χ0) is 14.1. The molecule has 19 heavy (non-hydrogen) atoms.